The number of hydrogen-bond donors (Lipinski definition) is 3. The molecule has 0 saturated carbocycles. The van der Waals surface area contributed by atoms with Crippen LogP contribution in [0.4, 0.5) is 0 Å². The van der Waals surface area contributed by atoms with Gasteiger partial charge in [-0.2, -0.15) is 5.26 Å². The summed E-state index contributed by atoms with van der Waals surface area (Å²) in [5, 5.41) is 22.2. The molecule has 0 radical (unpaired) electrons. The van der Waals surface area contributed by atoms with Crippen LogP contribution in [0.15, 0.2) is 11.8 Å². The number of hydrogen-bond acceptors (Lipinski definition) is 6. The van der Waals surface area contributed by atoms with Gasteiger partial charge in [-0.25, -0.2) is 0 Å². The fraction of sp³-hybridized carbons (Fsp3) is 0.545. The minimum atomic E-state index is -1.02. The zero-order valence-electron chi connectivity index (χ0n) is 10.8. The molecule has 8 nitrogen and oxygen atoms in total. The van der Waals surface area contributed by atoms with E-state index in [4.69, 9.17) is 19.8 Å². The molecule has 0 aromatic carbocycles. The summed E-state index contributed by atoms with van der Waals surface area (Å²) in [4.78, 5) is 21.7. The first-order valence-electron chi connectivity index (χ1n) is 5.44. The Kier molecular flexibility index (Phi) is 8.78. The molecule has 0 atom stereocenters. The standard InChI is InChI=1S/C11H17N3O5/c1-18-10(19-2)7-13-6-8(5-12)11(17)14-4-3-9(15)16/h6,10,13H,3-4,7H2,1-2H3,(H,14,17)(H,15,16)/b8-6-. The largest absolute Gasteiger partial charge is 0.481 e. The molecule has 0 aliphatic heterocycles. The third-order valence-corrected chi connectivity index (χ3v) is 2.05. The van der Waals surface area contributed by atoms with Gasteiger partial charge in [-0.05, 0) is 0 Å². The Bertz CT molecular complexity index is 371. The Morgan fingerprint density at radius 1 is 1.42 bits per heavy atom. The van der Waals surface area contributed by atoms with Crippen LogP contribution in [0.3, 0.4) is 0 Å². The Morgan fingerprint density at radius 3 is 2.53 bits per heavy atom. The normalized spacial score (nSPS) is 10.9. The summed E-state index contributed by atoms with van der Waals surface area (Å²) in [5.41, 5.74) is -0.156. The Balaban J connectivity index is 4.21. The number of carbonyl (C=O) groups is 2. The third kappa shape index (κ3) is 7.75. The van der Waals surface area contributed by atoms with Crippen molar-refractivity contribution in [1.82, 2.24) is 10.6 Å². The molecule has 0 saturated heterocycles. The Hall–Kier alpha value is -2.11. The lowest BCUT2D eigenvalue weighted by Gasteiger charge is -2.12. The molecule has 19 heavy (non-hydrogen) atoms. The van der Waals surface area contributed by atoms with Crippen molar-refractivity contribution in [3.8, 4) is 6.07 Å². The van der Waals surface area contributed by atoms with Crippen LogP contribution in [-0.4, -0.2) is 50.6 Å². The molecular formula is C11H17N3O5. The molecule has 0 heterocycles. The zero-order chi connectivity index (χ0) is 14.7. The predicted octanol–water partition coefficient (Wildman–Crippen LogP) is -0.807. The van der Waals surface area contributed by atoms with Crippen LogP contribution in [0.5, 0.6) is 0 Å². The average Bonchev–Trinajstić information content (AvgIpc) is 2.38. The molecule has 8 heteroatoms. The molecule has 3 N–H and O–H groups in total. The number of carboxylic acids is 1. The lowest BCUT2D eigenvalue weighted by molar-refractivity contribution is -0.136. The topological polar surface area (TPSA) is 121 Å². The van der Waals surface area contributed by atoms with E-state index in [1.807, 2.05) is 0 Å². The number of carbonyl (C=O) groups excluding carboxylic acids is 1. The van der Waals surface area contributed by atoms with E-state index in [-0.39, 0.29) is 25.1 Å². The Morgan fingerprint density at radius 2 is 2.05 bits per heavy atom. The summed E-state index contributed by atoms with van der Waals surface area (Å²) in [6.45, 7) is 0.229. The number of nitriles is 1. The van der Waals surface area contributed by atoms with Crippen LogP contribution in [-0.2, 0) is 19.1 Å². The van der Waals surface area contributed by atoms with Crippen LogP contribution in [0.2, 0.25) is 0 Å². The molecule has 0 aliphatic carbocycles. The fourth-order valence-corrected chi connectivity index (χ4v) is 1.05. The highest BCUT2D eigenvalue weighted by atomic mass is 16.7. The lowest BCUT2D eigenvalue weighted by atomic mass is 10.3. The van der Waals surface area contributed by atoms with E-state index in [0.717, 1.165) is 0 Å². The summed E-state index contributed by atoms with van der Waals surface area (Å²) in [6.07, 6.45) is 0.528. The molecule has 106 valence electrons. The highest BCUT2D eigenvalue weighted by Crippen LogP contribution is 1.93. The van der Waals surface area contributed by atoms with Gasteiger partial charge >= 0.3 is 5.97 Å². The molecule has 0 rings (SSSR count). The van der Waals surface area contributed by atoms with Crippen molar-refractivity contribution >= 4 is 11.9 Å². The summed E-state index contributed by atoms with van der Waals surface area (Å²) in [6, 6.07) is 1.71. The summed E-state index contributed by atoms with van der Waals surface area (Å²) in [5.74, 6) is -1.66. The summed E-state index contributed by atoms with van der Waals surface area (Å²) < 4.78 is 9.81. The van der Waals surface area contributed by atoms with Gasteiger partial charge in [-0.1, -0.05) is 0 Å². The van der Waals surface area contributed by atoms with Gasteiger partial charge in [-0.15, -0.1) is 0 Å². The first-order valence-corrected chi connectivity index (χ1v) is 5.44. The van der Waals surface area contributed by atoms with E-state index < -0.39 is 18.2 Å². The van der Waals surface area contributed by atoms with E-state index >= 15 is 0 Å². The molecule has 1 amide bonds. The van der Waals surface area contributed by atoms with Crippen molar-refractivity contribution < 1.29 is 24.2 Å². The minimum Gasteiger partial charge on any atom is -0.481 e. The van der Waals surface area contributed by atoms with E-state index in [1.165, 1.54) is 20.4 Å². The number of ether oxygens (including phenoxy) is 2. The van der Waals surface area contributed by atoms with Crippen molar-refractivity contribution in [1.29, 1.82) is 5.26 Å². The first kappa shape index (κ1) is 16.9. The van der Waals surface area contributed by atoms with Crippen LogP contribution in [0, 0.1) is 11.3 Å². The third-order valence-electron chi connectivity index (χ3n) is 2.05. The van der Waals surface area contributed by atoms with E-state index in [1.54, 1.807) is 6.07 Å². The van der Waals surface area contributed by atoms with Gasteiger partial charge in [0, 0.05) is 27.0 Å². The SMILES string of the molecule is COC(CN/C=C(/C#N)C(=O)NCCC(=O)O)OC. The number of rotatable bonds is 9. The zero-order valence-corrected chi connectivity index (χ0v) is 10.8. The summed E-state index contributed by atoms with van der Waals surface area (Å²) >= 11 is 0. The molecule has 0 unspecified atom stereocenters. The predicted molar refractivity (Wildman–Crippen MR) is 64.8 cm³/mol. The number of carboxylic acid groups (broad SMARTS) is 1. The van der Waals surface area contributed by atoms with Crippen molar-refractivity contribution in [2.75, 3.05) is 27.3 Å². The molecule has 0 fully saturated rings. The van der Waals surface area contributed by atoms with Crippen molar-refractivity contribution in [3.63, 3.8) is 0 Å². The molecule has 0 aliphatic rings. The lowest BCUT2D eigenvalue weighted by Crippen LogP contribution is -2.30. The number of methoxy groups -OCH3 is 2. The number of amides is 1. The van der Waals surface area contributed by atoms with Gasteiger partial charge in [0.05, 0.1) is 13.0 Å². The van der Waals surface area contributed by atoms with E-state index in [0.29, 0.717) is 0 Å². The van der Waals surface area contributed by atoms with Gasteiger partial charge < -0.3 is 25.2 Å². The Labute approximate surface area is 111 Å². The van der Waals surface area contributed by atoms with Crippen molar-refractivity contribution in [2.45, 2.75) is 12.7 Å². The molecule has 0 aromatic rings. The highest BCUT2D eigenvalue weighted by Gasteiger charge is 2.09. The van der Waals surface area contributed by atoms with Gasteiger partial charge in [0.2, 0.25) is 0 Å². The van der Waals surface area contributed by atoms with E-state index in [2.05, 4.69) is 10.6 Å². The van der Waals surface area contributed by atoms with Gasteiger partial charge in [0.15, 0.2) is 6.29 Å². The highest BCUT2D eigenvalue weighted by molar-refractivity contribution is 5.97. The average molecular weight is 271 g/mol. The van der Waals surface area contributed by atoms with Crippen LogP contribution in [0.25, 0.3) is 0 Å². The smallest absolute Gasteiger partial charge is 0.305 e. The minimum absolute atomic E-state index is 0.0358. The molecule has 0 bridgehead atoms. The summed E-state index contributed by atoms with van der Waals surface area (Å²) in [7, 11) is 2.92. The molecular weight excluding hydrogens is 254 g/mol. The van der Waals surface area contributed by atoms with E-state index in [9.17, 15) is 9.59 Å². The first-order chi connectivity index (χ1) is 9.04. The second-order valence-corrected chi connectivity index (χ2v) is 3.38. The number of aliphatic carboxylic acids is 1. The van der Waals surface area contributed by atoms with Crippen molar-refractivity contribution in [3.05, 3.63) is 11.8 Å². The maximum atomic E-state index is 11.5. The maximum Gasteiger partial charge on any atom is 0.305 e. The molecule has 0 spiro atoms. The fourth-order valence-electron chi connectivity index (χ4n) is 1.05. The van der Waals surface area contributed by atoms with Gasteiger partial charge in [-0.3, -0.25) is 9.59 Å². The van der Waals surface area contributed by atoms with Gasteiger partial charge in [0.25, 0.3) is 5.91 Å². The van der Waals surface area contributed by atoms with Crippen LogP contribution < -0.4 is 10.6 Å². The van der Waals surface area contributed by atoms with Gasteiger partial charge in [0.1, 0.15) is 11.6 Å². The number of nitrogens with one attached hydrogen (secondary N) is 2. The maximum absolute atomic E-state index is 11.5. The quantitative estimate of drug-likeness (QED) is 0.285. The van der Waals surface area contributed by atoms with Crippen LogP contribution in [0.1, 0.15) is 6.42 Å². The number of nitrogens with zero attached hydrogens (tertiary/aromatic N) is 1. The molecule has 0 aromatic heterocycles. The monoisotopic (exact) mass is 271 g/mol. The second-order valence-electron chi connectivity index (χ2n) is 3.38. The van der Waals surface area contributed by atoms with Crippen LogP contribution >= 0.6 is 0 Å². The second kappa shape index (κ2) is 9.87. The van der Waals surface area contributed by atoms with Crippen molar-refractivity contribution in [2.24, 2.45) is 0 Å².